The SMILES string of the molecule is Cc1nn(C)cc1C(=O)Nc1cc(-n2c(=O)cc(C(F)(F)F)n(C)c2=O)c(F)cc1Cl. The lowest BCUT2D eigenvalue weighted by Gasteiger charge is -2.15. The number of rotatable bonds is 3. The van der Waals surface area contributed by atoms with Crippen LogP contribution < -0.4 is 16.6 Å². The van der Waals surface area contributed by atoms with Gasteiger partial charge in [0, 0.05) is 26.4 Å². The molecule has 1 N–H and O–H groups in total. The van der Waals surface area contributed by atoms with Crippen molar-refractivity contribution in [2.24, 2.45) is 14.1 Å². The molecule has 13 heteroatoms. The van der Waals surface area contributed by atoms with E-state index in [1.165, 1.54) is 10.9 Å². The predicted molar refractivity (Wildman–Crippen MR) is 103 cm³/mol. The van der Waals surface area contributed by atoms with E-state index in [9.17, 15) is 31.9 Å². The molecule has 0 atom stereocenters. The lowest BCUT2D eigenvalue weighted by atomic mass is 10.2. The zero-order chi connectivity index (χ0) is 23.2. The molecule has 0 saturated carbocycles. The van der Waals surface area contributed by atoms with Gasteiger partial charge in [-0.3, -0.25) is 18.8 Å². The smallest absolute Gasteiger partial charge is 0.320 e. The predicted octanol–water partition coefficient (Wildman–Crippen LogP) is 2.64. The molecular weight excluding hydrogens is 446 g/mol. The van der Waals surface area contributed by atoms with Gasteiger partial charge in [-0.1, -0.05) is 11.6 Å². The van der Waals surface area contributed by atoms with Gasteiger partial charge in [0.05, 0.1) is 27.7 Å². The minimum atomic E-state index is -4.97. The van der Waals surface area contributed by atoms with Crippen LogP contribution in [-0.2, 0) is 20.3 Å². The fraction of sp³-hybridized carbons (Fsp3) is 0.222. The molecule has 8 nitrogen and oxygen atoms in total. The maximum atomic E-state index is 14.5. The molecule has 3 aromatic rings. The lowest BCUT2D eigenvalue weighted by Crippen LogP contribution is -2.41. The van der Waals surface area contributed by atoms with Crippen LogP contribution in [0.5, 0.6) is 0 Å². The molecule has 164 valence electrons. The minimum Gasteiger partial charge on any atom is -0.320 e. The Hall–Kier alpha value is -3.41. The average molecular weight is 460 g/mol. The highest BCUT2D eigenvalue weighted by Crippen LogP contribution is 2.29. The first-order chi connectivity index (χ1) is 14.3. The molecule has 3 rings (SSSR count). The second kappa shape index (κ2) is 7.69. The molecule has 0 aliphatic rings. The minimum absolute atomic E-state index is 0.167. The Labute approximate surface area is 176 Å². The van der Waals surface area contributed by atoms with Gasteiger partial charge in [0.15, 0.2) is 0 Å². The summed E-state index contributed by atoms with van der Waals surface area (Å²) in [6.45, 7) is 1.58. The summed E-state index contributed by atoms with van der Waals surface area (Å²) < 4.78 is 55.4. The Bertz CT molecular complexity index is 1320. The van der Waals surface area contributed by atoms with E-state index in [1.54, 1.807) is 14.0 Å². The summed E-state index contributed by atoms with van der Waals surface area (Å²) in [6.07, 6.45) is -3.54. The van der Waals surface area contributed by atoms with Crippen molar-refractivity contribution >= 4 is 23.2 Å². The van der Waals surface area contributed by atoms with Crippen LogP contribution in [0.4, 0.5) is 23.2 Å². The van der Waals surface area contributed by atoms with E-state index in [-0.39, 0.29) is 31.5 Å². The summed E-state index contributed by atoms with van der Waals surface area (Å²) in [7, 11) is 2.39. The fourth-order valence-corrected chi connectivity index (χ4v) is 3.13. The Morgan fingerprint density at radius 3 is 2.35 bits per heavy atom. The fourth-order valence-electron chi connectivity index (χ4n) is 2.94. The first-order valence-electron chi connectivity index (χ1n) is 8.52. The van der Waals surface area contributed by atoms with Crippen molar-refractivity contribution in [2.45, 2.75) is 13.1 Å². The third kappa shape index (κ3) is 4.10. The molecule has 31 heavy (non-hydrogen) atoms. The Morgan fingerprint density at radius 2 is 1.81 bits per heavy atom. The van der Waals surface area contributed by atoms with Crippen LogP contribution in [0.3, 0.4) is 0 Å². The number of alkyl halides is 3. The van der Waals surface area contributed by atoms with Crippen LogP contribution in [0.25, 0.3) is 5.69 Å². The second-order valence-corrected chi connectivity index (χ2v) is 6.99. The second-order valence-electron chi connectivity index (χ2n) is 6.58. The van der Waals surface area contributed by atoms with Gasteiger partial charge in [0.2, 0.25) is 0 Å². The van der Waals surface area contributed by atoms with Gasteiger partial charge in [-0.15, -0.1) is 0 Å². The van der Waals surface area contributed by atoms with E-state index in [0.717, 1.165) is 19.2 Å². The molecule has 0 aliphatic heterocycles. The molecule has 0 spiro atoms. The molecule has 0 radical (unpaired) electrons. The van der Waals surface area contributed by atoms with Crippen molar-refractivity contribution < 1.29 is 22.4 Å². The first-order valence-corrected chi connectivity index (χ1v) is 8.90. The largest absolute Gasteiger partial charge is 0.431 e. The summed E-state index contributed by atoms with van der Waals surface area (Å²) in [5.74, 6) is -1.81. The van der Waals surface area contributed by atoms with Crippen molar-refractivity contribution in [1.82, 2.24) is 18.9 Å². The average Bonchev–Trinajstić information content (AvgIpc) is 2.99. The molecule has 0 aliphatic carbocycles. The third-order valence-corrected chi connectivity index (χ3v) is 4.71. The highest BCUT2D eigenvalue weighted by Gasteiger charge is 2.35. The van der Waals surface area contributed by atoms with Gasteiger partial charge in [0.25, 0.3) is 11.5 Å². The standard InChI is InChI=1S/C18H14ClF4N5O3/c1-8-9(7-26(2)25-8)16(30)24-12-5-13(11(20)4-10(12)19)28-15(29)6-14(18(21,22)23)27(3)17(28)31/h4-7H,1-3H3,(H,24,30). The van der Waals surface area contributed by atoms with Crippen molar-refractivity contribution in [3.8, 4) is 5.69 Å². The number of carbonyl (C=O) groups excluding carboxylic acids is 1. The van der Waals surface area contributed by atoms with E-state index < -0.39 is 40.5 Å². The van der Waals surface area contributed by atoms with Crippen LogP contribution >= 0.6 is 11.6 Å². The van der Waals surface area contributed by atoms with Crippen molar-refractivity contribution in [3.63, 3.8) is 0 Å². The van der Waals surface area contributed by atoms with Gasteiger partial charge in [-0.25, -0.2) is 13.8 Å². The quantitative estimate of drug-likeness (QED) is 0.610. The van der Waals surface area contributed by atoms with Crippen molar-refractivity contribution in [2.75, 3.05) is 5.32 Å². The van der Waals surface area contributed by atoms with Gasteiger partial charge < -0.3 is 5.32 Å². The van der Waals surface area contributed by atoms with Gasteiger partial charge in [-0.2, -0.15) is 18.3 Å². The van der Waals surface area contributed by atoms with Gasteiger partial charge >= 0.3 is 11.9 Å². The summed E-state index contributed by atoms with van der Waals surface area (Å²) >= 11 is 5.97. The molecule has 0 fully saturated rings. The van der Waals surface area contributed by atoms with E-state index in [2.05, 4.69) is 10.4 Å². The maximum Gasteiger partial charge on any atom is 0.431 e. The van der Waals surface area contributed by atoms with E-state index in [0.29, 0.717) is 5.69 Å². The van der Waals surface area contributed by atoms with E-state index in [4.69, 9.17) is 11.6 Å². The number of anilines is 1. The van der Waals surface area contributed by atoms with Crippen LogP contribution in [0.15, 0.2) is 34.0 Å². The van der Waals surface area contributed by atoms with Crippen molar-refractivity contribution in [3.05, 3.63) is 73.0 Å². The highest BCUT2D eigenvalue weighted by molar-refractivity contribution is 6.34. The topological polar surface area (TPSA) is 90.9 Å². The molecule has 2 aromatic heterocycles. The van der Waals surface area contributed by atoms with Crippen LogP contribution in [0, 0.1) is 12.7 Å². The number of aromatic nitrogens is 4. The zero-order valence-electron chi connectivity index (χ0n) is 16.2. The third-order valence-electron chi connectivity index (χ3n) is 4.39. The number of aryl methyl sites for hydroxylation is 2. The summed E-state index contributed by atoms with van der Waals surface area (Å²) in [6, 6.07) is 1.79. The van der Waals surface area contributed by atoms with E-state index >= 15 is 0 Å². The van der Waals surface area contributed by atoms with Gasteiger partial charge in [0.1, 0.15) is 11.5 Å². The Kier molecular flexibility index (Phi) is 5.53. The van der Waals surface area contributed by atoms with Crippen molar-refractivity contribution in [1.29, 1.82) is 0 Å². The molecular formula is C18H14ClF4N5O3. The Balaban J connectivity index is 2.14. The number of carbonyl (C=O) groups is 1. The number of nitrogens with one attached hydrogen (secondary N) is 1. The Morgan fingerprint density at radius 1 is 1.16 bits per heavy atom. The number of hydrogen-bond donors (Lipinski definition) is 1. The number of benzene rings is 1. The monoisotopic (exact) mass is 459 g/mol. The highest BCUT2D eigenvalue weighted by atomic mass is 35.5. The number of amides is 1. The van der Waals surface area contributed by atoms with Crippen LogP contribution in [0.2, 0.25) is 5.02 Å². The first kappa shape index (κ1) is 22.3. The summed E-state index contributed by atoms with van der Waals surface area (Å²) in [5, 5.41) is 6.17. The normalized spacial score (nSPS) is 11.6. The number of hydrogen-bond acceptors (Lipinski definition) is 4. The molecule has 2 heterocycles. The molecule has 1 amide bonds. The van der Waals surface area contributed by atoms with Gasteiger partial charge in [-0.05, 0) is 19.1 Å². The number of nitrogens with zero attached hydrogens (tertiary/aromatic N) is 4. The summed E-state index contributed by atoms with van der Waals surface area (Å²) in [5.41, 5.74) is -4.59. The molecule has 1 aromatic carbocycles. The summed E-state index contributed by atoms with van der Waals surface area (Å²) in [4.78, 5) is 37.2. The molecule has 0 bridgehead atoms. The molecule has 0 unspecified atom stereocenters. The molecule has 0 saturated heterocycles. The van der Waals surface area contributed by atoms with Crippen LogP contribution in [-0.4, -0.2) is 24.8 Å². The van der Waals surface area contributed by atoms with Crippen LogP contribution in [0.1, 0.15) is 21.7 Å². The zero-order valence-corrected chi connectivity index (χ0v) is 17.0. The van der Waals surface area contributed by atoms with E-state index in [1.807, 2.05) is 0 Å². The lowest BCUT2D eigenvalue weighted by molar-refractivity contribution is -0.144. The maximum absolute atomic E-state index is 14.5. The number of halogens is 5.